The number of carbonyl (C=O) groups excluding carboxylic acids is 1. The monoisotopic (exact) mass is 238 g/mol. The number of nitro groups is 1. The summed E-state index contributed by atoms with van der Waals surface area (Å²) in [7, 11) is 0. The molecule has 0 saturated heterocycles. The minimum atomic E-state index is -0.863. The van der Waals surface area contributed by atoms with E-state index in [1.165, 1.54) is 18.3 Å². The highest BCUT2D eigenvalue weighted by molar-refractivity contribution is 5.82. The number of hydrogen-bond acceptors (Lipinski definition) is 5. The summed E-state index contributed by atoms with van der Waals surface area (Å²) in [6.07, 6.45) is 1.33. The molecule has 0 amide bonds. The van der Waals surface area contributed by atoms with Crippen LogP contribution in [0.4, 0.5) is 5.82 Å². The Balaban J connectivity index is 2.99. The highest BCUT2D eigenvalue weighted by atomic mass is 16.6. The van der Waals surface area contributed by atoms with E-state index in [9.17, 15) is 14.9 Å². The highest BCUT2D eigenvalue weighted by Gasteiger charge is 2.32. The molecule has 6 nitrogen and oxygen atoms in total. The lowest BCUT2D eigenvalue weighted by atomic mass is 9.86. The second-order valence-corrected chi connectivity index (χ2v) is 4.01. The molecule has 1 aromatic rings. The zero-order valence-corrected chi connectivity index (χ0v) is 9.97. The number of esters is 1. The first kappa shape index (κ1) is 13.1. The summed E-state index contributed by atoms with van der Waals surface area (Å²) in [5, 5.41) is 10.4. The van der Waals surface area contributed by atoms with Gasteiger partial charge < -0.3 is 14.9 Å². The van der Waals surface area contributed by atoms with Crippen molar-refractivity contribution in [2.24, 2.45) is 0 Å². The standard InChI is InChI=1S/C11H14N2O4/c1-4-17-10(14)11(2,3)8-5-6-9(12-7-8)13(15)16/h5-7H,4H2,1-3H3. The summed E-state index contributed by atoms with van der Waals surface area (Å²) in [6, 6.07) is 2.79. The van der Waals surface area contributed by atoms with Crippen molar-refractivity contribution in [2.45, 2.75) is 26.2 Å². The van der Waals surface area contributed by atoms with Gasteiger partial charge in [-0.1, -0.05) is 0 Å². The first-order chi connectivity index (χ1) is 7.89. The van der Waals surface area contributed by atoms with Crippen LogP contribution in [0.3, 0.4) is 0 Å². The Morgan fingerprint density at radius 3 is 2.59 bits per heavy atom. The average Bonchev–Trinajstić information content (AvgIpc) is 2.29. The quantitative estimate of drug-likeness (QED) is 0.454. The van der Waals surface area contributed by atoms with Crippen molar-refractivity contribution >= 4 is 11.8 Å². The lowest BCUT2D eigenvalue weighted by molar-refractivity contribution is -0.389. The first-order valence-corrected chi connectivity index (χ1v) is 5.17. The molecule has 0 fully saturated rings. The summed E-state index contributed by atoms with van der Waals surface area (Å²) >= 11 is 0. The largest absolute Gasteiger partial charge is 0.465 e. The molecule has 92 valence electrons. The summed E-state index contributed by atoms with van der Waals surface area (Å²) in [6.45, 7) is 5.40. The van der Waals surface area contributed by atoms with Crippen molar-refractivity contribution in [3.63, 3.8) is 0 Å². The Morgan fingerprint density at radius 1 is 1.53 bits per heavy atom. The van der Waals surface area contributed by atoms with Crippen LogP contribution in [0.15, 0.2) is 18.3 Å². The third-order valence-corrected chi connectivity index (χ3v) is 2.44. The van der Waals surface area contributed by atoms with Crippen LogP contribution in [0.5, 0.6) is 0 Å². The molecule has 0 spiro atoms. The van der Waals surface area contributed by atoms with Crippen molar-refractivity contribution in [3.05, 3.63) is 34.0 Å². The van der Waals surface area contributed by atoms with E-state index in [2.05, 4.69) is 4.98 Å². The first-order valence-electron chi connectivity index (χ1n) is 5.17. The van der Waals surface area contributed by atoms with Crippen molar-refractivity contribution in [1.82, 2.24) is 4.98 Å². The van der Waals surface area contributed by atoms with E-state index in [0.29, 0.717) is 12.2 Å². The van der Waals surface area contributed by atoms with Crippen LogP contribution in [0.1, 0.15) is 26.3 Å². The van der Waals surface area contributed by atoms with E-state index < -0.39 is 10.3 Å². The van der Waals surface area contributed by atoms with Crippen molar-refractivity contribution in [1.29, 1.82) is 0 Å². The molecule has 0 atom stereocenters. The van der Waals surface area contributed by atoms with E-state index in [0.717, 1.165) is 0 Å². The van der Waals surface area contributed by atoms with E-state index in [1.54, 1.807) is 20.8 Å². The average molecular weight is 238 g/mol. The lowest BCUT2D eigenvalue weighted by Gasteiger charge is -2.21. The molecule has 6 heteroatoms. The van der Waals surface area contributed by atoms with Gasteiger partial charge in [-0.2, -0.15) is 0 Å². The Labute approximate surface area is 98.8 Å². The molecule has 1 aromatic heterocycles. The molecule has 0 aromatic carbocycles. The smallest absolute Gasteiger partial charge is 0.363 e. The molecule has 0 bridgehead atoms. The van der Waals surface area contributed by atoms with Crippen molar-refractivity contribution < 1.29 is 14.5 Å². The van der Waals surface area contributed by atoms with Crippen molar-refractivity contribution in [2.75, 3.05) is 6.61 Å². The molecule has 0 unspecified atom stereocenters. The van der Waals surface area contributed by atoms with Crippen LogP contribution in [0.25, 0.3) is 0 Å². The Morgan fingerprint density at radius 2 is 2.18 bits per heavy atom. The molecule has 0 saturated carbocycles. The number of rotatable bonds is 4. The predicted molar refractivity (Wildman–Crippen MR) is 60.6 cm³/mol. The fourth-order valence-corrected chi connectivity index (χ4v) is 1.29. The number of pyridine rings is 1. The van der Waals surface area contributed by atoms with E-state index >= 15 is 0 Å². The molecule has 0 aliphatic rings. The molecule has 1 heterocycles. The molecular weight excluding hydrogens is 224 g/mol. The van der Waals surface area contributed by atoms with Crippen LogP contribution in [0, 0.1) is 10.1 Å². The Bertz CT molecular complexity index is 426. The third-order valence-electron chi connectivity index (χ3n) is 2.44. The Kier molecular flexibility index (Phi) is 3.77. The Hall–Kier alpha value is -1.98. The summed E-state index contributed by atoms with van der Waals surface area (Å²) in [5.41, 5.74) is -0.278. The molecule has 0 N–H and O–H groups in total. The van der Waals surface area contributed by atoms with Gasteiger partial charge in [0.2, 0.25) is 0 Å². The second-order valence-electron chi connectivity index (χ2n) is 4.01. The van der Waals surface area contributed by atoms with Crippen LogP contribution in [-0.2, 0) is 14.9 Å². The van der Waals surface area contributed by atoms with Crippen LogP contribution in [-0.4, -0.2) is 22.5 Å². The van der Waals surface area contributed by atoms with Gasteiger partial charge in [0.15, 0.2) is 0 Å². The van der Waals surface area contributed by atoms with Gasteiger partial charge in [0.05, 0.1) is 12.0 Å². The summed E-state index contributed by atoms with van der Waals surface area (Å²) in [4.78, 5) is 25.2. The second kappa shape index (κ2) is 4.90. The molecule has 0 aliphatic heterocycles. The zero-order chi connectivity index (χ0) is 13.1. The van der Waals surface area contributed by atoms with Gasteiger partial charge >= 0.3 is 11.8 Å². The fourth-order valence-electron chi connectivity index (χ4n) is 1.29. The summed E-state index contributed by atoms with van der Waals surface area (Å²) < 4.78 is 4.94. The van der Waals surface area contributed by atoms with Gasteiger partial charge in [0, 0.05) is 11.6 Å². The summed E-state index contributed by atoms with van der Waals surface area (Å²) in [5.74, 6) is -0.621. The number of carbonyl (C=O) groups is 1. The normalized spacial score (nSPS) is 11.0. The third kappa shape index (κ3) is 2.77. The zero-order valence-electron chi connectivity index (χ0n) is 9.97. The minimum absolute atomic E-state index is 0.242. The maximum atomic E-state index is 11.7. The van der Waals surface area contributed by atoms with Gasteiger partial charge in [0.25, 0.3) is 0 Å². The van der Waals surface area contributed by atoms with Crippen molar-refractivity contribution in [3.8, 4) is 0 Å². The number of aromatic nitrogens is 1. The van der Waals surface area contributed by atoms with Gasteiger partial charge in [-0.25, -0.2) is 0 Å². The lowest BCUT2D eigenvalue weighted by Crippen LogP contribution is -2.31. The SMILES string of the molecule is CCOC(=O)C(C)(C)c1ccc([N+](=O)[O-])nc1. The van der Waals surface area contributed by atoms with Crippen LogP contribution >= 0.6 is 0 Å². The number of ether oxygens (including phenoxy) is 1. The van der Waals surface area contributed by atoms with E-state index in [4.69, 9.17) is 4.74 Å². The highest BCUT2D eigenvalue weighted by Crippen LogP contribution is 2.25. The van der Waals surface area contributed by atoms with Crippen LogP contribution < -0.4 is 0 Å². The minimum Gasteiger partial charge on any atom is -0.465 e. The van der Waals surface area contributed by atoms with Crippen LogP contribution in [0.2, 0.25) is 0 Å². The molecule has 17 heavy (non-hydrogen) atoms. The maximum absolute atomic E-state index is 11.7. The molecule has 0 aliphatic carbocycles. The van der Waals surface area contributed by atoms with E-state index in [1.807, 2.05) is 0 Å². The molecular formula is C11H14N2O4. The van der Waals surface area contributed by atoms with E-state index in [-0.39, 0.29) is 11.8 Å². The number of hydrogen-bond donors (Lipinski definition) is 0. The van der Waals surface area contributed by atoms with Gasteiger partial charge in [-0.15, -0.1) is 0 Å². The maximum Gasteiger partial charge on any atom is 0.363 e. The van der Waals surface area contributed by atoms with Gasteiger partial charge in [-0.3, -0.25) is 4.79 Å². The predicted octanol–water partition coefficient (Wildman–Crippen LogP) is 1.83. The number of nitrogens with zero attached hydrogens (tertiary/aromatic N) is 2. The van der Waals surface area contributed by atoms with Gasteiger partial charge in [0.1, 0.15) is 6.20 Å². The topological polar surface area (TPSA) is 82.3 Å². The fraction of sp³-hybridized carbons (Fsp3) is 0.455. The molecule has 1 rings (SSSR count). The molecule has 0 radical (unpaired) electrons. The van der Waals surface area contributed by atoms with Gasteiger partial charge in [-0.05, 0) is 36.7 Å².